The van der Waals surface area contributed by atoms with Crippen molar-refractivity contribution < 1.29 is 52.7 Å². The molecule has 0 aromatic carbocycles. The third-order valence-electron chi connectivity index (χ3n) is 5.42. The number of aliphatic hydroxyl groups excluding tert-OH is 1. The molecule has 37 heavy (non-hydrogen) atoms. The molecule has 1 unspecified atom stereocenters. The third-order valence-corrected chi connectivity index (χ3v) is 7.09. The summed E-state index contributed by atoms with van der Waals surface area (Å²) in [4.78, 5) is 57.1. The van der Waals surface area contributed by atoms with Crippen LogP contribution in [0.3, 0.4) is 0 Å². The number of rotatable bonds is 26. The van der Waals surface area contributed by atoms with Crippen molar-refractivity contribution in [3.05, 3.63) is 12.2 Å². The maximum absolute atomic E-state index is 11.8. The van der Waals surface area contributed by atoms with Crippen molar-refractivity contribution in [1.29, 1.82) is 0 Å². The fourth-order valence-corrected chi connectivity index (χ4v) is 4.68. The van der Waals surface area contributed by atoms with E-state index in [1.165, 1.54) is 64.2 Å². The summed E-state index contributed by atoms with van der Waals surface area (Å²) in [6.07, 6.45) is 19.2. The number of esters is 1. The van der Waals surface area contributed by atoms with Crippen LogP contribution in [0.2, 0.25) is 0 Å². The molecule has 0 aliphatic rings. The van der Waals surface area contributed by atoms with Crippen LogP contribution in [0, 0.1) is 0 Å². The molecule has 0 aromatic rings. The van der Waals surface area contributed by atoms with Gasteiger partial charge in [-0.05, 0) is 25.7 Å². The van der Waals surface area contributed by atoms with E-state index in [9.17, 15) is 19.7 Å². The minimum absolute atomic E-state index is 0.0726. The van der Waals surface area contributed by atoms with Gasteiger partial charge in [-0.15, -0.1) is 0 Å². The van der Waals surface area contributed by atoms with Crippen molar-refractivity contribution in [3.8, 4) is 0 Å². The molecule has 6 N–H and O–H groups in total. The zero-order valence-electron chi connectivity index (χ0n) is 22.4. The van der Waals surface area contributed by atoms with Gasteiger partial charge in [-0.1, -0.05) is 44.8 Å². The fraction of sp³-hybridized carbons (Fsp3) is 0.875. The van der Waals surface area contributed by atoms with Gasteiger partial charge in [-0.2, -0.15) is 0 Å². The molecule has 1 atom stereocenters. The number of hydrogen-bond donors (Lipinski definition) is 6. The van der Waals surface area contributed by atoms with Crippen molar-refractivity contribution in [3.63, 3.8) is 0 Å². The van der Waals surface area contributed by atoms with Crippen molar-refractivity contribution >= 4 is 22.3 Å². The summed E-state index contributed by atoms with van der Waals surface area (Å²) in [5.74, 6) is -0.298. The zero-order valence-corrected chi connectivity index (χ0v) is 24.4. The number of hydrogen-bond acceptors (Lipinski definition) is 11. The number of aliphatic hydroxyl groups is 1. The van der Waals surface area contributed by atoms with Crippen LogP contribution in [-0.2, 0) is 23.1 Å². The van der Waals surface area contributed by atoms with Gasteiger partial charge in [0.15, 0.2) is 0 Å². The molecule has 224 valence electrons. The van der Waals surface area contributed by atoms with Gasteiger partial charge >= 0.3 is 152 Å². The Labute approximate surface area is 223 Å². The molecule has 0 heterocycles. The van der Waals surface area contributed by atoms with Gasteiger partial charge in [-0.25, -0.2) is 0 Å². The molecule has 0 saturated heterocycles. The quantitative estimate of drug-likeness (QED) is 0.0376. The molecule has 0 rings (SSSR count). The van der Waals surface area contributed by atoms with Crippen LogP contribution in [-0.4, -0.2) is 68.1 Å². The molecule has 0 fully saturated rings. The molecule has 0 bridgehead atoms. The Kier molecular flexibility index (Phi) is 23.4. The van der Waals surface area contributed by atoms with Crippen molar-refractivity contribution in [2.75, 3.05) is 26.4 Å². The number of ether oxygens (including phenoxy) is 1. The SMILES string of the molecule is CCCCCC/C=C\CCCCCCCCCC(=O)OCCCO[PH](O)(O)OCC(O)CO[PH](O)(O)O. The summed E-state index contributed by atoms with van der Waals surface area (Å²) in [6, 6.07) is 0. The van der Waals surface area contributed by atoms with E-state index >= 15 is 0 Å². The molecule has 0 aliphatic carbocycles. The summed E-state index contributed by atoms with van der Waals surface area (Å²) in [5, 5.41) is 9.48. The first-order valence-corrected chi connectivity index (χ1v) is 17.0. The molecule has 0 aliphatic heterocycles. The van der Waals surface area contributed by atoms with Gasteiger partial charge in [0.25, 0.3) is 0 Å². The van der Waals surface area contributed by atoms with Crippen LogP contribution in [0.4, 0.5) is 0 Å². The first-order valence-electron chi connectivity index (χ1n) is 13.6. The monoisotopic (exact) mass is 578 g/mol. The molecule has 0 saturated carbocycles. The molecular weight excluding hydrogens is 526 g/mol. The fourth-order valence-electron chi connectivity index (χ4n) is 3.36. The Bertz CT molecular complexity index is 571. The Balaban J connectivity index is 3.52. The average molecular weight is 579 g/mol. The topological polar surface area (TPSA) is 175 Å². The molecule has 0 spiro atoms. The predicted molar refractivity (Wildman–Crippen MR) is 147 cm³/mol. The standard InChI is InChI=1S/C24H52O11P2/c1-2-3-4-5-6-7-8-9-10-11-12-13-14-15-16-18-24(26)32-19-17-20-33-37(30,31)35-22-23(25)21-34-36(27,28)29/h7-8,23,25,27-31,36-37H,2-6,9-22H2,1H3/b8-7-. The van der Waals surface area contributed by atoms with E-state index in [1.54, 1.807) is 0 Å². The Morgan fingerprint density at radius 2 is 1.24 bits per heavy atom. The predicted octanol–water partition coefficient (Wildman–Crippen LogP) is 4.15. The van der Waals surface area contributed by atoms with Crippen LogP contribution in [0.15, 0.2) is 12.2 Å². The molecule has 0 amide bonds. The van der Waals surface area contributed by atoms with E-state index in [0.717, 1.165) is 19.3 Å². The second kappa shape index (κ2) is 23.6. The number of allylic oxidation sites excluding steroid dienone is 2. The van der Waals surface area contributed by atoms with Gasteiger partial charge in [0.05, 0.1) is 0 Å². The van der Waals surface area contributed by atoms with Crippen LogP contribution in [0.25, 0.3) is 0 Å². The van der Waals surface area contributed by atoms with Gasteiger partial charge < -0.3 is 0 Å². The van der Waals surface area contributed by atoms with E-state index in [2.05, 4.69) is 28.1 Å². The number of carbonyl (C=O) groups excluding carboxylic acids is 1. The maximum atomic E-state index is 11.8. The Morgan fingerprint density at radius 1 is 0.703 bits per heavy atom. The van der Waals surface area contributed by atoms with Gasteiger partial charge in [0, 0.05) is 0 Å². The molecule has 13 heteroatoms. The van der Waals surface area contributed by atoms with Gasteiger partial charge in [0.2, 0.25) is 0 Å². The van der Waals surface area contributed by atoms with Crippen molar-refractivity contribution in [2.24, 2.45) is 0 Å². The van der Waals surface area contributed by atoms with Gasteiger partial charge in [-0.3, -0.25) is 0 Å². The van der Waals surface area contributed by atoms with E-state index in [1.807, 2.05) is 0 Å². The van der Waals surface area contributed by atoms with E-state index < -0.39 is 35.7 Å². The van der Waals surface area contributed by atoms with E-state index in [4.69, 9.17) is 23.9 Å². The molecule has 11 nitrogen and oxygen atoms in total. The van der Waals surface area contributed by atoms with Crippen LogP contribution in [0.1, 0.15) is 103 Å². The summed E-state index contributed by atoms with van der Waals surface area (Å²) >= 11 is 0. The van der Waals surface area contributed by atoms with Crippen molar-refractivity contribution in [2.45, 2.75) is 109 Å². The first kappa shape index (κ1) is 36.7. The zero-order chi connectivity index (χ0) is 27.8. The second-order valence-corrected chi connectivity index (χ2v) is 12.3. The van der Waals surface area contributed by atoms with Crippen LogP contribution in [0.5, 0.6) is 0 Å². The summed E-state index contributed by atoms with van der Waals surface area (Å²) in [6.45, 7) is 0.883. The van der Waals surface area contributed by atoms with Crippen molar-refractivity contribution in [1.82, 2.24) is 0 Å². The Morgan fingerprint density at radius 3 is 1.84 bits per heavy atom. The second-order valence-electron chi connectivity index (χ2n) is 9.15. The normalized spacial score (nSPS) is 14.2. The number of carbonyl (C=O) groups is 1. The molecular formula is C24H52O11P2. The summed E-state index contributed by atoms with van der Waals surface area (Å²) < 4.78 is 18.8. The van der Waals surface area contributed by atoms with E-state index in [0.29, 0.717) is 6.42 Å². The molecule has 0 radical (unpaired) electrons. The van der Waals surface area contributed by atoms with Gasteiger partial charge in [0.1, 0.15) is 0 Å². The van der Waals surface area contributed by atoms with E-state index in [-0.39, 0.29) is 25.6 Å². The number of unbranched alkanes of at least 4 members (excludes halogenated alkanes) is 11. The average Bonchev–Trinajstić information content (AvgIpc) is 2.83. The summed E-state index contributed by atoms with van der Waals surface area (Å²) in [7, 11) is -9.27. The van der Waals surface area contributed by atoms with Crippen LogP contribution >= 0.6 is 16.3 Å². The minimum atomic E-state index is -4.77. The third kappa shape index (κ3) is 28.5. The summed E-state index contributed by atoms with van der Waals surface area (Å²) in [5.41, 5.74) is 0. The van der Waals surface area contributed by atoms with Crippen LogP contribution < -0.4 is 0 Å². The first-order chi connectivity index (χ1) is 17.6. The Hall–Kier alpha value is -0.290. The molecule has 0 aromatic heterocycles.